The van der Waals surface area contributed by atoms with Gasteiger partial charge >= 0.3 is 5.69 Å². The van der Waals surface area contributed by atoms with E-state index in [0.29, 0.717) is 13.0 Å². The van der Waals surface area contributed by atoms with Crippen molar-refractivity contribution >= 4 is 5.91 Å². The molecule has 0 aliphatic carbocycles. The minimum atomic E-state index is -0.511. The van der Waals surface area contributed by atoms with Crippen LogP contribution < -0.4 is 21.3 Å². The zero-order valence-corrected chi connectivity index (χ0v) is 12.9. The number of aryl methyl sites for hydroxylation is 1. The summed E-state index contributed by atoms with van der Waals surface area (Å²) in [5.74, 6) is 0.653. The summed E-state index contributed by atoms with van der Waals surface area (Å²) >= 11 is 0. The van der Waals surface area contributed by atoms with Crippen molar-refractivity contribution in [3.8, 4) is 5.75 Å². The number of nitrogens with zero attached hydrogens (tertiary/aromatic N) is 1. The Balaban J connectivity index is 1.74. The van der Waals surface area contributed by atoms with Crippen LogP contribution in [0.25, 0.3) is 0 Å². The minimum absolute atomic E-state index is 0.142. The van der Waals surface area contributed by atoms with Crippen molar-refractivity contribution in [2.24, 2.45) is 0 Å². The Morgan fingerprint density at radius 2 is 1.96 bits per heavy atom. The maximum atomic E-state index is 11.8. The highest BCUT2D eigenvalue weighted by atomic mass is 16.5. The molecule has 0 aliphatic rings. The quantitative estimate of drug-likeness (QED) is 0.768. The van der Waals surface area contributed by atoms with Crippen LogP contribution in [0, 0.1) is 0 Å². The number of ether oxygens (including phenoxy) is 1. The number of amides is 1. The highest BCUT2D eigenvalue weighted by molar-refractivity contribution is 5.75. The summed E-state index contributed by atoms with van der Waals surface area (Å²) in [5.41, 5.74) is 0.140. The first kappa shape index (κ1) is 16.5. The summed E-state index contributed by atoms with van der Waals surface area (Å²) in [4.78, 5) is 36.3. The SMILES string of the molecule is COc1ccc(CCNC(=O)CCn2ccc(=O)[nH]c2=O)cc1. The number of carbonyl (C=O) groups excluding carboxylic acids is 1. The second-order valence-corrected chi connectivity index (χ2v) is 5.00. The summed E-state index contributed by atoms with van der Waals surface area (Å²) in [6.45, 7) is 0.746. The molecular weight excluding hydrogens is 298 g/mol. The molecule has 0 aliphatic heterocycles. The predicted molar refractivity (Wildman–Crippen MR) is 85.6 cm³/mol. The lowest BCUT2D eigenvalue weighted by Crippen LogP contribution is -2.31. The number of carbonyl (C=O) groups is 1. The van der Waals surface area contributed by atoms with E-state index in [1.54, 1.807) is 7.11 Å². The van der Waals surface area contributed by atoms with Gasteiger partial charge in [-0.1, -0.05) is 12.1 Å². The molecule has 7 nitrogen and oxygen atoms in total. The van der Waals surface area contributed by atoms with Gasteiger partial charge < -0.3 is 14.6 Å². The molecule has 1 aromatic carbocycles. The average Bonchev–Trinajstić information content (AvgIpc) is 2.54. The number of aromatic nitrogens is 2. The number of H-pyrrole nitrogens is 1. The van der Waals surface area contributed by atoms with Gasteiger partial charge in [0.2, 0.25) is 5.91 Å². The highest BCUT2D eigenvalue weighted by Gasteiger charge is 2.03. The fraction of sp³-hybridized carbons (Fsp3) is 0.312. The smallest absolute Gasteiger partial charge is 0.328 e. The first-order valence-corrected chi connectivity index (χ1v) is 7.28. The Hall–Kier alpha value is -2.83. The van der Waals surface area contributed by atoms with Crippen LogP contribution in [0.2, 0.25) is 0 Å². The van der Waals surface area contributed by atoms with Crippen molar-refractivity contribution in [2.75, 3.05) is 13.7 Å². The zero-order chi connectivity index (χ0) is 16.7. The van der Waals surface area contributed by atoms with Crippen molar-refractivity contribution in [1.82, 2.24) is 14.9 Å². The Labute approximate surface area is 132 Å². The molecule has 1 heterocycles. The van der Waals surface area contributed by atoms with Crippen LogP contribution in [0.1, 0.15) is 12.0 Å². The van der Waals surface area contributed by atoms with Crippen molar-refractivity contribution < 1.29 is 9.53 Å². The molecule has 1 amide bonds. The van der Waals surface area contributed by atoms with E-state index in [1.807, 2.05) is 24.3 Å². The third-order valence-electron chi connectivity index (χ3n) is 3.37. The number of hydrogen-bond donors (Lipinski definition) is 2. The van der Waals surface area contributed by atoms with E-state index < -0.39 is 11.2 Å². The van der Waals surface area contributed by atoms with E-state index in [9.17, 15) is 14.4 Å². The lowest BCUT2D eigenvalue weighted by Gasteiger charge is -2.07. The Bertz CT molecular complexity index is 762. The van der Waals surface area contributed by atoms with Gasteiger partial charge in [-0.15, -0.1) is 0 Å². The van der Waals surface area contributed by atoms with E-state index in [0.717, 1.165) is 11.3 Å². The van der Waals surface area contributed by atoms with Gasteiger partial charge in [-0.3, -0.25) is 14.6 Å². The van der Waals surface area contributed by atoms with Crippen LogP contribution in [-0.2, 0) is 17.8 Å². The van der Waals surface area contributed by atoms with Gasteiger partial charge in [-0.05, 0) is 24.1 Å². The maximum absolute atomic E-state index is 11.8. The maximum Gasteiger partial charge on any atom is 0.328 e. The zero-order valence-electron chi connectivity index (χ0n) is 12.9. The number of nitrogens with one attached hydrogen (secondary N) is 2. The fourth-order valence-corrected chi connectivity index (χ4v) is 2.07. The molecule has 2 aromatic rings. The molecule has 0 unspecified atom stereocenters. The first-order valence-electron chi connectivity index (χ1n) is 7.28. The lowest BCUT2D eigenvalue weighted by molar-refractivity contribution is -0.121. The predicted octanol–water partition coefficient (Wildman–Crippen LogP) is 0.294. The van der Waals surface area contributed by atoms with E-state index >= 15 is 0 Å². The molecule has 7 heteroatoms. The first-order chi connectivity index (χ1) is 11.1. The number of methoxy groups -OCH3 is 1. The Kier molecular flexibility index (Phi) is 5.74. The number of benzene rings is 1. The molecular formula is C16H19N3O4. The van der Waals surface area contributed by atoms with Crippen LogP contribution in [0.15, 0.2) is 46.1 Å². The summed E-state index contributed by atoms with van der Waals surface area (Å²) in [5, 5.41) is 2.80. The third-order valence-corrected chi connectivity index (χ3v) is 3.37. The summed E-state index contributed by atoms with van der Waals surface area (Å²) in [7, 11) is 1.61. The normalized spacial score (nSPS) is 10.3. The van der Waals surface area contributed by atoms with Crippen LogP contribution in [0.4, 0.5) is 0 Å². The molecule has 0 fully saturated rings. The van der Waals surface area contributed by atoms with E-state index in [1.165, 1.54) is 16.8 Å². The van der Waals surface area contributed by atoms with Crippen LogP contribution >= 0.6 is 0 Å². The van der Waals surface area contributed by atoms with Gasteiger partial charge in [0.05, 0.1) is 7.11 Å². The number of aromatic amines is 1. The van der Waals surface area contributed by atoms with Gasteiger partial charge in [0, 0.05) is 31.8 Å². The lowest BCUT2D eigenvalue weighted by atomic mass is 10.1. The molecule has 0 spiro atoms. The highest BCUT2D eigenvalue weighted by Crippen LogP contribution is 2.11. The molecule has 0 radical (unpaired) electrons. The monoisotopic (exact) mass is 317 g/mol. The van der Waals surface area contributed by atoms with E-state index in [4.69, 9.17) is 4.74 Å². The standard InChI is InChI=1S/C16H19N3O4/c1-23-13-4-2-12(3-5-13)6-9-17-14(20)7-10-19-11-8-15(21)18-16(19)22/h2-5,8,11H,6-7,9-10H2,1H3,(H,17,20)(H,18,21,22). The summed E-state index contributed by atoms with van der Waals surface area (Å²) in [6.07, 6.45) is 2.27. The molecule has 2 rings (SSSR count). The van der Waals surface area contributed by atoms with Crippen molar-refractivity contribution in [1.29, 1.82) is 0 Å². The average molecular weight is 317 g/mol. The van der Waals surface area contributed by atoms with Gasteiger partial charge in [0.15, 0.2) is 0 Å². The molecule has 1 aromatic heterocycles. The fourth-order valence-electron chi connectivity index (χ4n) is 2.07. The molecule has 0 saturated carbocycles. The van der Waals surface area contributed by atoms with Crippen molar-refractivity contribution in [2.45, 2.75) is 19.4 Å². The van der Waals surface area contributed by atoms with Gasteiger partial charge in [0.25, 0.3) is 5.56 Å². The van der Waals surface area contributed by atoms with Gasteiger partial charge in [-0.25, -0.2) is 4.79 Å². The molecule has 0 atom stereocenters. The molecule has 23 heavy (non-hydrogen) atoms. The largest absolute Gasteiger partial charge is 0.497 e. The second kappa shape index (κ2) is 7.98. The molecule has 122 valence electrons. The van der Waals surface area contributed by atoms with E-state index in [2.05, 4.69) is 10.3 Å². The van der Waals surface area contributed by atoms with Gasteiger partial charge in [-0.2, -0.15) is 0 Å². The topological polar surface area (TPSA) is 93.2 Å². The van der Waals surface area contributed by atoms with Crippen LogP contribution in [0.5, 0.6) is 5.75 Å². The minimum Gasteiger partial charge on any atom is -0.497 e. The van der Waals surface area contributed by atoms with Crippen LogP contribution in [-0.4, -0.2) is 29.1 Å². The number of hydrogen-bond acceptors (Lipinski definition) is 4. The Morgan fingerprint density at radius 3 is 2.61 bits per heavy atom. The molecule has 2 N–H and O–H groups in total. The molecule has 0 saturated heterocycles. The Morgan fingerprint density at radius 1 is 1.22 bits per heavy atom. The van der Waals surface area contributed by atoms with Crippen molar-refractivity contribution in [3.05, 3.63) is 62.9 Å². The summed E-state index contributed by atoms with van der Waals surface area (Å²) in [6, 6.07) is 8.90. The van der Waals surface area contributed by atoms with E-state index in [-0.39, 0.29) is 18.9 Å². The van der Waals surface area contributed by atoms with Crippen LogP contribution in [0.3, 0.4) is 0 Å². The second-order valence-electron chi connectivity index (χ2n) is 5.00. The third kappa shape index (κ3) is 5.14. The molecule has 0 bridgehead atoms. The van der Waals surface area contributed by atoms with Gasteiger partial charge in [0.1, 0.15) is 5.75 Å². The number of rotatable bonds is 7. The van der Waals surface area contributed by atoms with Crippen molar-refractivity contribution in [3.63, 3.8) is 0 Å². The summed E-state index contributed by atoms with van der Waals surface area (Å²) < 4.78 is 6.38.